The molecule has 0 saturated carbocycles. The summed E-state index contributed by atoms with van der Waals surface area (Å²) >= 11 is 0. The number of anilines is 3. The minimum atomic E-state index is -4.50. The van der Waals surface area contributed by atoms with Crippen molar-refractivity contribution in [2.75, 3.05) is 10.6 Å². The van der Waals surface area contributed by atoms with E-state index >= 15 is 0 Å². The van der Waals surface area contributed by atoms with Crippen molar-refractivity contribution in [3.05, 3.63) is 23.0 Å². The lowest BCUT2D eigenvalue weighted by atomic mass is 10.1. The molecule has 0 aromatic carbocycles. The number of hydrogen-bond donors (Lipinski definition) is 2. The first-order chi connectivity index (χ1) is 11.3. The predicted molar refractivity (Wildman–Crippen MR) is 84.3 cm³/mol. The summed E-state index contributed by atoms with van der Waals surface area (Å²) in [6.45, 7) is 3.77. The minimum Gasteiger partial charge on any atom is -0.367 e. The van der Waals surface area contributed by atoms with Crippen LogP contribution in [0.15, 0.2) is 6.20 Å². The van der Waals surface area contributed by atoms with E-state index in [2.05, 4.69) is 25.7 Å². The normalized spacial score (nSPS) is 18.2. The van der Waals surface area contributed by atoms with Gasteiger partial charge in [-0.15, -0.1) is 0 Å². The number of nitrogens with one attached hydrogen (secondary N) is 2. The van der Waals surface area contributed by atoms with Gasteiger partial charge in [-0.25, -0.2) is 4.98 Å². The molecular weight excluding hydrogens is 321 g/mol. The summed E-state index contributed by atoms with van der Waals surface area (Å²) in [7, 11) is 1.78. The Morgan fingerprint density at radius 1 is 1.33 bits per heavy atom. The lowest BCUT2D eigenvalue weighted by Crippen LogP contribution is -2.20. The number of alkyl halides is 3. The first-order valence-electron chi connectivity index (χ1n) is 7.76. The summed E-state index contributed by atoms with van der Waals surface area (Å²) in [5, 5.41) is 10.3. The Hall–Kier alpha value is -2.32. The number of nitrogens with zero attached hydrogens (tertiary/aromatic N) is 4. The van der Waals surface area contributed by atoms with Crippen LogP contribution in [0.3, 0.4) is 0 Å². The summed E-state index contributed by atoms with van der Waals surface area (Å²) in [5.74, 6) is 0.631. The van der Waals surface area contributed by atoms with Crippen molar-refractivity contribution in [1.29, 1.82) is 0 Å². The van der Waals surface area contributed by atoms with E-state index in [4.69, 9.17) is 0 Å². The van der Waals surface area contributed by atoms with Gasteiger partial charge in [0.05, 0.1) is 5.69 Å². The minimum absolute atomic E-state index is 0.115. The van der Waals surface area contributed by atoms with Gasteiger partial charge in [0, 0.05) is 24.8 Å². The summed E-state index contributed by atoms with van der Waals surface area (Å²) in [6.07, 6.45) is -1.35. The molecule has 1 atom stereocenters. The van der Waals surface area contributed by atoms with Gasteiger partial charge in [-0.05, 0) is 33.1 Å². The van der Waals surface area contributed by atoms with E-state index in [0.717, 1.165) is 36.7 Å². The maximum absolute atomic E-state index is 13.2. The number of hydrogen-bond acceptors (Lipinski definition) is 5. The van der Waals surface area contributed by atoms with Gasteiger partial charge in [0.15, 0.2) is 0 Å². The molecule has 0 aliphatic carbocycles. The van der Waals surface area contributed by atoms with Crippen LogP contribution in [-0.4, -0.2) is 25.8 Å². The van der Waals surface area contributed by atoms with E-state index in [1.54, 1.807) is 11.7 Å². The molecule has 0 spiro atoms. The second kappa shape index (κ2) is 5.95. The molecule has 0 radical (unpaired) electrons. The molecule has 1 unspecified atom stereocenters. The average molecular weight is 340 g/mol. The van der Waals surface area contributed by atoms with Crippen LogP contribution in [0.5, 0.6) is 0 Å². The molecular formula is C15H19F3N6. The van der Waals surface area contributed by atoms with Crippen molar-refractivity contribution in [2.45, 2.75) is 45.3 Å². The third kappa shape index (κ3) is 3.15. The molecule has 9 heteroatoms. The Bertz CT molecular complexity index is 752. The smallest absolute Gasteiger partial charge is 0.367 e. The average Bonchev–Trinajstić information content (AvgIpc) is 2.72. The van der Waals surface area contributed by atoms with Crippen LogP contribution in [0.1, 0.15) is 36.6 Å². The van der Waals surface area contributed by atoms with Crippen LogP contribution < -0.4 is 10.6 Å². The molecule has 6 nitrogen and oxygen atoms in total. The highest BCUT2D eigenvalue weighted by Crippen LogP contribution is 2.35. The van der Waals surface area contributed by atoms with Crippen LogP contribution in [0.2, 0.25) is 0 Å². The summed E-state index contributed by atoms with van der Waals surface area (Å²) < 4.78 is 41.2. The number of halogens is 3. The van der Waals surface area contributed by atoms with Gasteiger partial charge in [-0.2, -0.15) is 23.3 Å². The third-order valence-corrected chi connectivity index (χ3v) is 4.12. The Kier molecular flexibility index (Phi) is 4.10. The van der Waals surface area contributed by atoms with Crippen LogP contribution in [0, 0.1) is 6.92 Å². The van der Waals surface area contributed by atoms with E-state index in [1.165, 1.54) is 0 Å². The topological polar surface area (TPSA) is 67.7 Å². The summed E-state index contributed by atoms with van der Waals surface area (Å²) in [6, 6.07) is -0.132. The van der Waals surface area contributed by atoms with Crippen molar-refractivity contribution < 1.29 is 13.2 Å². The zero-order valence-electron chi connectivity index (χ0n) is 13.7. The Labute approximate surface area is 137 Å². The molecule has 2 aromatic rings. The largest absolute Gasteiger partial charge is 0.421 e. The molecule has 24 heavy (non-hydrogen) atoms. The summed E-state index contributed by atoms with van der Waals surface area (Å²) in [4.78, 5) is 7.88. The Balaban J connectivity index is 2.08. The molecule has 3 rings (SSSR count). The number of rotatable bonds is 0. The van der Waals surface area contributed by atoms with E-state index in [1.807, 2.05) is 13.8 Å². The number of aromatic nitrogens is 4. The SMILES string of the molecule is Cc1nn(C)c2c1CCCC(C)Nc1nc(ncc1C(F)(F)F)N2. The quantitative estimate of drug-likeness (QED) is 0.769. The standard InChI is InChI=1S/C15H19F3N6/c1-8-5-4-6-10-9(2)23-24(3)13(10)22-14-19-7-11(15(16,17)18)12(20-8)21-14/h7-8H,4-6H2,1-3H3,(H2,19,20,21,22). The second-order valence-corrected chi connectivity index (χ2v) is 6.05. The zero-order chi connectivity index (χ0) is 17.5. The van der Waals surface area contributed by atoms with Crippen molar-refractivity contribution in [3.8, 4) is 0 Å². The molecule has 0 saturated heterocycles. The van der Waals surface area contributed by atoms with Gasteiger partial charge < -0.3 is 10.6 Å². The molecule has 2 N–H and O–H groups in total. The highest BCUT2D eigenvalue weighted by molar-refractivity contribution is 5.58. The van der Waals surface area contributed by atoms with E-state index in [0.29, 0.717) is 5.82 Å². The lowest BCUT2D eigenvalue weighted by molar-refractivity contribution is -0.137. The fourth-order valence-corrected chi connectivity index (χ4v) is 2.91. The van der Waals surface area contributed by atoms with E-state index in [9.17, 15) is 13.2 Å². The zero-order valence-corrected chi connectivity index (χ0v) is 13.7. The fraction of sp³-hybridized carbons (Fsp3) is 0.533. The molecule has 1 aliphatic rings. The van der Waals surface area contributed by atoms with E-state index in [-0.39, 0.29) is 17.8 Å². The van der Waals surface area contributed by atoms with Crippen molar-refractivity contribution in [1.82, 2.24) is 19.7 Å². The van der Waals surface area contributed by atoms with Gasteiger partial charge in [0.2, 0.25) is 5.95 Å². The third-order valence-electron chi connectivity index (χ3n) is 4.12. The molecule has 130 valence electrons. The maximum atomic E-state index is 13.2. The van der Waals surface area contributed by atoms with Crippen LogP contribution in [-0.2, 0) is 19.6 Å². The number of fused-ring (bicyclic) bond motifs is 3. The van der Waals surface area contributed by atoms with Crippen LogP contribution >= 0.6 is 0 Å². The molecule has 2 bridgehead atoms. The van der Waals surface area contributed by atoms with Crippen molar-refractivity contribution >= 4 is 17.6 Å². The molecule has 1 aliphatic heterocycles. The van der Waals surface area contributed by atoms with Gasteiger partial charge >= 0.3 is 6.18 Å². The molecule has 0 fully saturated rings. The van der Waals surface area contributed by atoms with Crippen LogP contribution in [0.4, 0.5) is 30.8 Å². The van der Waals surface area contributed by atoms with Gasteiger partial charge in [0.1, 0.15) is 17.2 Å². The monoisotopic (exact) mass is 340 g/mol. The molecule has 3 heterocycles. The van der Waals surface area contributed by atoms with Crippen LogP contribution in [0.25, 0.3) is 0 Å². The highest BCUT2D eigenvalue weighted by Gasteiger charge is 2.35. The Morgan fingerprint density at radius 2 is 2.08 bits per heavy atom. The second-order valence-electron chi connectivity index (χ2n) is 6.05. The summed E-state index contributed by atoms with van der Waals surface area (Å²) in [5.41, 5.74) is 1.07. The van der Waals surface area contributed by atoms with Gasteiger partial charge in [-0.3, -0.25) is 4.68 Å². The Morgan fingerprint density at radius 3 is 2.79 bits per heavy atom. The predicted octanol–water partition coefficient (Wildman–Crippen LogP) is 3.42. The van der Waals surface area contributed by atoms with Crippen molar-refractivity contribution in [2.24, 2.45) is 7.05 Å². The fourth-order valence-electron chi connectivity index (χ4n) is 2.91. The first kappa shape index (κ1) is 16.5. The molecule has 0 amide bonds. The lowest BCUT2D eigenvalue weighted by Gasteiger charge is -2.18. The van der Waals surface area contributed by atoms with Crippen molar-refractivity contribution in [3.63, 3.8) is 0 Å². The number of aryl methyl sites for hydroxylation is 2. The van der Waals surface area contributed by atoms with E-state index < -0.39 is 11.7 Å². The van der Waals surface area contributed by atoms with Gasteiger partial charge in [-0.1, -0.05) is 0 Å². The highest BCUT2D eigenvalue weighted by atomic mass is 19.4. The molecule has 2 aromatic heterocycles. The van der Waals surface area contributed by atoms with Gasteiger partial charge in [0.25, 0.3) is 0 Å². The maximum Gasteiger partial charge on any atom is 0.421 e. The first-order valence-corrected chi connectivity index (χ1v) is 7.76.